The number of nitrogens with one attached hydrogen (secondary N) is 1. The number of amides is 1. The smallest absolute Gasteiger partial charge is 0.226 e. The number of hydrogen-bond acceptors (Lipinski definition) is 3. The molecule has 94 valence electrons. The third kappa shape index (κ3) is 3.75. The lowest BCUT2D eigenvalue weighted by molar-refractivity contribution is -0.116. The first-order valence-electron chi connectivity index (χ1n) is 5.67. The second-order valence-corrected chi connectivity index (χ2v) is 4.13. The number of aliphatic hydroxyl groups is 1. The summed E-state index contributed by atoms with van der Waals surface area (Å²) in [6.45, 7) is 3.99. The van der Waals surface area contributed by atoms with E-state index >= 15 is 0 Å². The van der Waals surface area contributed by atoms with E-state index in [1.807, 2.05) is 12.1 Å². The third-order valence-corrected chi connectivity index (χ3v) is 2.47. The molecule has 0 saturated heterocycles. The average Bonchev–Trinajstić information content (AvgIpc) is 2.29. The van der Waals surface area contributed by atoms with Crippen LogP contribution in [-0.4, -0.2) is 24.7 Å². The molecule has 17 heavy (non-hydrogen) atoms. The van der Waals surface area contributed by atoms with Gasteiger partial charge in [0.25, 0.3) is 0 Å². The number of anilines is 1. The zero-order valence-electron chi connectivity index (χ0n) is 10.5. The van der Waals surface area contributed by atoms with Gasteiger partial charge in [0, 0.05) is 5.69 Å². The number of carbonyl (C=O) groups is 1. The lowest BCUT2D eigenvalue weighted by atomic mass is 10.0. The molecule has 1 aromatic rings. The Labute approximate surface area is 102 Å². The zero-order chi connectivity index (χ0) is 12.8. The molecular formula is C13H19NO3. The van der Waals surface area contributed by atoms with Gasteiger partial charge in [-0.2, -0.15) is 0 Å². The van der Waals surface area contributed by atoms with E-state index in [1.54, 1.807) is 13.2 Å². The van der Waals surface area contributed by atoms with Gasteiger partial charge in [0.15, 0.2) is 0 Å². The molecule has 4 heteroatoms. The van der Waals surface area contributed by atoms with Crippen LogP contribution in [0.25, 0.3) is 0 Å². The van der Waals surface area contributed by atoms with Gasteiger partial charge >= 0.3 is 0 Å². The molecule has 4 nitrogen and oxygen atoms in total. The third-order valence-electron chi connectivity index (χ3n) is 2.47. The van der Waals surface area contributed by atoms with Crippen LogP contribution in [0.4, 0.5) is 5.69 Å². The van der Waals surface area contributed by atoms with Crippen molar-refractivity contribution in [1.29, 1.82) is 0 Å². The number of carbonyl (C=O) groups excluding carboxylic acids is 1. The van der Waals surface area contributed by atoms with E-state index in [1.165, 1.54) is 0 Å². The molecule has 0 radical (unpaired) electrons. The largest absolute Gasteiger partial charge is 0.496 e. The van der Waals surface area contributed by atoms with Gasteiger partial charge in [-0.25, -0.2) is 0 Å². The van der Waals surface area contributed by atoms with E-state index in [-0.39, 0.29) is 18.9 Å². The Kier molecular flexibility index (Phi) is 4.97. The molecule has 0 aliphatic rings. The quantitative estimate of drug-likeness (QED) is 0.824. The van der Waals surface area contributed by atoms with Gasteiger partial charge in [-0.1, -0.05) is 13.8 Å². The fourth-order valence-corrected chi connectivity index (χ4v) is 1.59. The lowest BCUT2D eigenvalue weighted by Crippen LogP contribution is -2.13. The second kappa shape index (κ2) is 6.25. The Morgan fingerprint density at radius 3 is 2.71 bits per heavy atom. The first kappa shape index (κ1) is 13.5. The molecule has 0 heterocycles. The first-order valence-corrected chi connectivity index (χ1v) is 5.67. The molecular weight excluding hydrogens is 218 g/mol. The maximum Gasteiger partial charge on any atom is 0.226 e. The van der Waals surface area contributed by atoms with Crippen LogP contribution in [0.2, 0.25) is 0 Å². The highest BCUT2D eigenvalue weighted by Gasteiger charge is 2.09. The normalized spacial score (nSPS) is 10.4. The second-order valence-electron chi connectivity index (χ2n) is 4.13. The monoisotopic (exact) mass is 237 g/mol. The van der Waals surface area contributed by atoms with Crippen LogP contribution in [0.15, 0.2) is 18.2 Å². The summed E-state index contributed by atoms with van der Waals surface area (Å²) in [5.41, 5.74) is 1.78. The number of benzene rings is 1. The number of hydrogen-bond donors (Lipinski definition) is 2. The Morgan fingerprint density at radius 1 is 1.47 bits per heavy atom. The fourth-order valence-electron chi connectivity index (χ4n) is 1.59. The molecule has 1 aromatic carbocycles. The van der Waals surface area contributed by atoms with E-state index < -0.39 is 0 Å². The summed E-state index contributed by atoms with van der Waals surface area (Å²) < 4.78 is 5.26. The van der Waals surface area contributed by atoms with Crippen molar-refractivity contribution in [2.75, 3.05) is 19.0 Å². The number of ether oxygens (including phenoxy) is 1. The summed E-state index contributed by atoms with van der Waals surface area (Å²) in [5.74, 6) is 0.951. The number of aliphatic hydroxyl groups excluding tert-OH is 1. The molecule has 0 spiro atoms. The summed E-state index contributed by atoms with van der Waals surface area (Å²) >= 11 is 0. The molecule has 0 fully saturated rings. The van der Waals surface area contributed by atoms with Crippen molar-refractivity contribution in [3.63, 3.8) is 0 Å². The molecule has 1 amide bonds. The standard InChI is InChI=1S/C13H19NO3/c1-9(2)11-8-10(4-5-12(11)17-3)14-13(16)6-7-15/h4-5,8-9,15H,6-7H2,1-3H3,(H,14,16). The van der Waals surface area contributed by atoms with Crippen LogP contribution in [0.3, 0.4) is 0 Å². The van der Waals surface area contributed by atoms with Crippen LogP contribution in [0.5, 0.6) is 5.75 Å². The van der Waals surface area contributed by atoms with Crippen molar-refractivity contribution in [1.82, 2.24) is 0 Å². The van der Waals surface area contributed by atoms with E-state index in [2.05, 4.69) is 19.2 Å². The van der Waals surface area contributed by atoms with Gasteiger partial charge < -0.3 is 15.2 Å². The van der Waals surface area contributed by atoms with Gasteiger partial charge in [0.1, 0.15) is 5.75 Å². The number of rotatable bonds is 5. The Morgan fingerprint density at radius 2 is 2.18 bits per heavy atom. The van der Waals surface area contributed by atoms with Crippen molar-refractivity contribution in [2.24, 2.45) is 0 Å². The molecule has 0 bridgehead atoms. The Balaban J connectivity index is 2.88. The maximum atomic E-state index is 11.3. The summed E-state index contributed by atoms with van der Waals surface area (Å²) in [4.78, 5) is 11.3. The molecule has 2 N–H and O–H groups in total. The molecule has 0 aliphatic heterocycles. The minimum absolute atomic E-state index is 0.114. The maximum absolute atomic E-state index is 11.3. The molecule has 0 atom stereocenters. The number of methoxy groups -OCH3 is 1. The highest BCUT2D eigenvalue weighted by molar-refractivity contribution is 5.90. The van der Waals surface area contributed by atoms with Crippen molar-refractivity contribution in [2.45, 2.75) is 26.2 Å². The Hall–Kier alpha value is -1.55. The highest BCUT2D eigenvalue weighted by atomic mass is 16.5. The van der Waals surface area contributed by atoms with Crippen LogP contribution in [-0.2, 0) is 4.79 Å². The summed E-state index contributed by atoms with van der Waals surface area (Å²) in [6, 6.07) is 5.53. The van der Waals surface area contributed by atoms with Crippen molar-refractivity contribution in [3.8, 4) is 5.75 Å². The predicted octanol–water partition coefficient (Wildman–Crippen LogP) is 2.14. The summed E-state index contributed by atoms with van der Waals surface area (Å²) in [7, 11) is 1.63. The predicted molar refractivity (Wildman–Crippen MR) is 67.4 cm³/mol. The van der Waals surface area contributed by atoms with E-state index in [0.29, 0.717) is 5.92 Å². The van der Waals surface area contributed by atoms with Gasteiger partial charge in [-0.3, -0.25) is 4.79 Å². The SMILES string of the molecule is COc1ccc(NC(=O)CCO)cc1C(C)C. The molecule has 0 aromatic heterocycles. The van der Waals surface area contributed by atoms with Crippen LogP contribution < -0.4 is 10.1 Å². The summed E-state index contributed by atoms with van der Waals surface area (Å²) in [6.07, 6.45) is 0.114. The summed E-state index contributed by atoms with van der Waals surface area (Å²) in [5, 5.41) is 11.4. The van der Waals surface area contributed by atoms with Crippen LogP contribution in [0.1, 0.15) is 31.7 Å². The van der Waals surface area contributed by atoms with E-state index in [0.717, 1.165) is 17.0 Å². The van der Waals surface area contributed by atoms with Gasteiger partial charge in [0.05, 0.1) is 20.1 Å². The molecule has 0 saturated carbocycles. The van der Waals surface area contributed by atoms with Gasteiger partial charge in [0.2, 0.25) is 5.91 Å². The van der Waals surface area contributed by atoms with Crippen molar-refractivity contribution >= 4 is 11.6 Å². The highest BCUT2D eigenvalue weighted by Crippen LogP contribution is 2.29. The molecule has 0 aliphatic carbocycles. The van der Waals surface area contributed by atoms with Crippen molar-refractivity contribution < 1.29 is 14.6 Å². The van der Waals surface area contributed by atoms with Gasteiger partial charge in [-0.05, 0) is 29.7 Å². The molecule has 0 unspecified atom stereocenters. The van der Waals surface area contributed by atoms with Gasteiger partial charge in [-0.15, -0.1) is 0 Å². The van der Waals surface area contributed by atoms with Crippen molar-refractivity contribution in [3.05, 3.63) is 23.8 Å². The average molecular weight is 237 g/mol. The van der Waals surface area contributed by atoms with E-state index in [4.69, 9.17) is 9.84 Å². The minimum Gasteiger partial charge on any atom is -0.496 e. The minimum atomic E-state index is -0.188. The molecule has 1 rings (SSSR count). The Bertz CT molecular complexity index is 388. The van der Waals surface area contributed by atoms with E-state index in [9.17, 15) is 4.79 Å². The zero-order valence-corrected chi connectivity index (χ0v) is 10.5. The first-order chi connectivity index (χ1) is 8.08. The fraction of sp³-hybridized carbons (Fsp3) is 0.462. The lowest BCUT2D eigenvalue weighted by Gasteiger charge is -2.14. The van der Waals surface area contributed by atoms with Crippen LogP contribution in [0, 0.1) is 0 Å². The van der Waals surface area contributed by atoms with Crippen LogP contribution >= 0.6 is 0 Å². The topological polar surface area (TPSA) is 58.6 Å².